The Hall–Kier alpha value is -4.01. The van der Waals surface area contributed by atoms with E-state index in [2.05, 4.69) is 32.4 Å². The molecule has 0 aliphatic rings. The van der Waals surface area contributed by atoms with Gasteiger partial charge in [0.05, 0.1) is 11.7 Å². The smallest absolute Gasteiger partial charge is 0.243 e. The molecule has 33 heavy (non-hydrogen) atoms. The fourth-order valence-corrected chi connectivity index (χ4v) is 3.64. The van der Waals surface area contributed by atoms with Crippen LogP contribution in [0.5, 0.6) is 5.75 Å². The molecule has 0 atom stereocenters. The third-order valence-corrected chi connectivity index (χ3v) is 5.32. The number of unbranched alkanes of at least 4 members (excludes halogenated alkanes) is 1. The van der Waals surface area contributed by atoms with Crippen molar-refractivity contribution in [3.63, 3.8) is 0 Å². The van der Waals surface area contributed by atoms with Crippen LogP contribution in [0.1, 0.15) is 24.1 Å². The molecule has 9 heteroatoms. The van der Waals surface area contributed by atoms with Crippen molar-refractivity contribution in [2.24, 2.45) is 0 Å². The van der Waals surface area contributed by atoms with Gasteiger partial charge in [-0.25, -0.2) is 13.8 Å². The maximum atomic E-state index is 13.9. The number of aryl methyl sites for hydroxylation is 2. The summed E-state index contributed by atoms with van der Waals surface area (Å²) in [7, 11) is 0. The second-order valence-corrected chi connectivity index (χ2v) is 7.73. The SMILES string of the molecule is Fc1cc(F)c2cc(-c3nc(COc4ccc(CCCCn5ccnn5)cc4)co3)[nH]c2c1. The minimum atomic E-state index is -0.646. The molecule has 0 unspecified atom stereocenters. The third-order valence-electron chi connectivity index (χ3n) is 5.32. The fraction of sp³-hybridized carbons (Fsp3) is 0.208. The Morgan fingerprint density at radius 2 is 1.94 bits per heavy atom. The molecule has 0 radical (unpaired) electrons. The van der Waals surface area contributed by atoms with Crippen LogP contribution in [0.2, 0.25) is 0 Å². The van der Waals surface area contributed by atoms with Crippen molar-refractivity contribution in [2.45, 2.75) is 32.4 Å². The van der Waals surface area contributed by atoms with E-state index in [1.54, 1.807) is 12.3 Å². The zero-order valence-corrected chi connectivity index (χ0v) is 17.7. The predicted molar refractivity (Wildman–Crippen MR) is 117 cm³/mol. The first-order valence-electron chi connectivity index (χ1n) is 10.6. The molecule has 0 bridgehead atoms. The van der Waals surface area contributed by atoms with E-state index in [1.807, 2.05) is 23.0 Å². The van der Waals surface area contributed by atoms with Gasteiger partial charge in [-0.2, -0.15) is 0 Å². The second-order valence-electron chi connectivity index (χ2n) is 7.73. The molecule has 168 valence electrons. The van der Waals surface area contributed by atoms with Gasteiger partial charge >= 0.3 is 0 Å². The van der Waals surface area contributed by atoms with Crippen molar-refractivity contribution in [1.29, 1.82) is 0 Å². The summed E-state index contributed by atoms with van der Waals surface area (Å²) in [6.07, 6.45) is 8.12. The number of fused-ring (bicyclic) bond motifs is 1. The molecule has 0 spiro atoms. The lowest BCUT2D eigenvalue weighted by atomic mass is 10.1. The molecular weight excluding hydrogens is 428 g/mol. The molecule has 5 rings (SSSR count). The molecule has 7 nitrogen and oxygen atoms in total. The summed E-state index contributed by atoms with van der Waals surface area (Å²) in [6.45, 7) is 1.09. The number of ether oxygens (including phenoxy) is 1. The number of aromatic nitrogens is 5. The summed E-state index contributed by atoms with van der Waals surface area (Å²) in [5.41, 5.74) is 2.64. The van der Waals surface area contributed by atoms with Crippen LogP contribution in [-0.4, -0.2) is 25.0 Å². The number of hydrogen-bond acceptors (Lipinski definition) is 5. The van der Waals surface area contributed by atoms with E-state index >= 15 is 0 Å². The van der Waals surface area contributed by atoms with Crippen LogP contribution in [-0.2, 0) is 19.6 Å². The summed E-state index contributed by atoms with van der Waals surface area (Å²) in [6, 6.07) is 11.6. The van der Waals surface area contributed by atoms with Crippen LogP contribution in [0, 0.1) is 11.6 Å². The van der Waals surface area contributed by atoms with Gasteiger partial charge in [-0.15, -0.1) is 5.10 Å². The molecule has 0 fully saturated rings. The Kier molecular flexibility index (Phi) is 5.84. The van der Waals surface area contributed by atoms with Gasteiger partial charge in [-0.3, -0.25) is 4.68 Å². The number of benzene rings is 2. The van der Waals surface area contributed by atoms with E-state index in [4.69, 9.17) is 9.15 Å². The van der Waals surface area contributed by atoms with E-state index < -0.39 is 11.6 Å². The topological polar surface area (TPSA) is 81.8 Å². The van der Waals surface area contributed by atoms with E-state index in [1.165, 1.54) is 17.9 Å². The summed E-state index contributed by atoms with van der Waals surface area (Å²) in [4.78, 5) is 7.31. The van der Waals surface area contributed by atoms with E-state index in [0.29, 0.717) is 16.9 Å². The van der Waals surface area contributed by atoms with Crippen molar-refractivity contribution in [3.8, 4) is 17.3 Å². The number of hydrogen-bond donors (Lipinski definition) is 1. The van der Waals surface area contributed by atoms with Gasteiger partial charge in [0.1, 0.15) is 41.6 Å². The van der Waals surface area contributed by atoms with Crippen LogP contribution in [0.15, 0.2) is 65.5 Å². The van der Waals surface area contributed by atoms with Crippen molar-refractivity contribution in [3.05, 3.63) is 84.0 Å². The van der Waals surface area contributed by atoms with Crippen LogP contribution >= 0.6 is 0 Å². The van der Waals surface area contributed by atoms with Gasteiger partial charge in [0.15, 0.2) is 0 Å². The highest BCUT2D eigenvalue weighted by molar-refractivity contribution is 5.85. The van der Waals surface area contributed by atoms with Gasteiger partial charge in [-0.05, 0) is 49.1 Å². The van der Waals surface area contributed by atoms with Crippen molar-refractivity contribution >= 4 is 10.9 Å². The van der Waals surface area contributed by atoms with E-state index in [-0.39, 0.29) is 17.9 Å². The fourth-order valence-electron chi connectivity index (χ4n) is 3.64. The summed E-state index contributed by atoms with van der Waals surface area (Å²) < 4.78 is 40.5. The first kappa shape index (κ1) is 20.9. The van der Waals surface area contributed by atoms with E-state index in [0.717, 1.165) is 37.6 Å². The molecule has 3 aromatic heterocycles. The number of nitrogens with zero attached hydrogens (tertiary/aromatic N) is 4. The number of aromatic amines is 1. The quantitative estimate of drug-likeness (QED) is 0.309. The van der Waals surface area contributed by atoms with Gasteiger partial charge in [0, 0.05) is 24.2 Å². The van der Waals surface area contributed by atoms with Crippen molar-refractivity contribution in [1.82, 2.24) is 25.0 Å². The van der Waals surface area contributed by atoms with Crippen molar-refractivity contribution < 1.29 is 17.9 Å². The molecule has 2 aromatic carbocycles. The average molecular weight is 449 g/mol. The van der Waals surface area contributed by atoms with Gasteiger partial charge in [0.2, 0.25) is 5.89 Å². The number of halogens is 2. The lowest BCUT2D eigenvalue weighted by Gasteiger charge is -2.06. The van der Waals surface area contributed by atoms with Gasteiger partial charge in [0.25, 0.3) is 0 Å². The highest BCUT2D eigenvalue weighted by Gasteiger charge is 2.13. The van der Waals surface area contributed by atoms with Crippen LogP contribution in [0.25, 0.3) is 22.5 Å². The third kappa shape index (κ3) is 4.92. The molecule has 5 aromatic rings. The zero-order valence-electron chi connectivity index (χ0n) is 17.7. The minimum Gasteiger partial charge on any atom is -0.487 e. The average Bonchev–Trinajstić information content (AvgIpc) is 3.56. The molecular formula is C24H21F2N5O2. The monoisotopic (exact) mass is 449 g/mol. The van der Waals surface area contributed by atoms with E-state index in [9.17, 15) is 8.78 Å². The molecule has 0 saturated heterocycles. The number of nitrogens with one attached hydrogen (secondary N) is 1. The number of oxazole rings is 1. The Morgan fingerprint density at radius 3 is 2.76 bits per heavy atom. The Balaban J connectivity index is 1.14. The number of H-pyrrole nitrogens is 1. The first-order valence-corrected chi connectivity index (χ1v) is 10.6. The Morgan fingerprint density at radius 1 is 1.06 bits per heavy atom. The summed E-state index contributed by atoms with van der Waals surface area (Å²) in [5, 5.41) is 8.04. The molecule has 0 aliphatic heterocycles. The largest absolute Gasteiger partial charge is 0.487 e. The van der Waals surface area contributed by atoms with Crippen LogP contribution < -0.4 is 4.74 Å². The lowest BCUT2D eigenvalue weighted by molar-refractivity contribution is 0.301. The second kappa shape index (κ2) is 9.23. The highest BCUT2D eigenvalue weighted by Crippen LogP contribution is 2.26. The first-order chi connectivity index (χ1) is 16.1. The molecule has 0 amide bonds. The predicted octanol–water partition coefficient (Wildman–Crippen LogP) is 5.29. The lowest BCUT2D eigenvalue weighted by Crippen LogP contribution is -1.99. The van der Waals surface area contributed by atoms with Crippen LogP contribution in [0.3, 0.4) is 0 Å². The Labute approximate surface area is 188 Å². The number of rotatable bonds is 9. The van der Waals surface area contributed by atoms with Gasteiger partial charge in [-0.1, -0.05) is 17.3 Å². The maximum Gasteiger partial charge on any atom is 0.243 e. The molecule has 0 saturated carbocycles. The zero-order chi connectivity index (χ0) is 22.6. The van der Waals surface area contributed by atoms with Gasteiger partial charge < -0.3 is 14.1 Å². The Bertz CT molecular complexity index is 1340. The summed E-state index contributed by atoms with van der Waals surface area (Å²) in [5.74, 6) is -0.270. The molecule has 3 heterocycles. The maximum absolute atomic E-state index is 13.9. The summed E-state index contributed by atoms with van der Waals surface area (Å²) >= 11 is 0. The van der Waals surface area contributed by atoms with Crippen molar-refractivity contribution in [2.75, 3.05) is 0 Å². The highest BCUT2D eigenvalue weighted by atomic mass is 19.1. The molecule has 1 N–H and O–H groups in total. The normalized spacial score (nSPS) is 11.3. The van der Waals surface area contributed by atoms with Crippen LogP contribution in [0.4, 0.5) is 8.78 Å². The molecule has 0 aliphatic carbocycles. The standard InChI is InChI=1S/C24H21F2N5O2/c25-17-11-21(26)20-13-23(29-22(20)12-17)24-28-18(15-33-24)14-32-19-6-4-16(5-7-19)3-1-2-9-31-10-8-27-30-31/h4-8,10-13,15,29H,1-3,9,14H2. The minimum absolute atomic E-state index is 0.226.